The number of thiazole rings is 1. The molecule has 0 unspecified atom stereocenters. The molecular weight excluding hydrogens is 353 g/mol. The molecule has 1 aromatic carbocycles. The fourth-order valence-corrected chi connectivity index (χ4v) is 3.31. The summed E-state index contributed by atoms with van der Waals surface area (Å²) in [6.07, 6.45) is -2.20. The van der Waals surface area contributed by atoms with Gasteiger partial charge in [-0.15, -0.1) is 0 Å². The zero-order valence-electron chi connectivity index (χ0n) is 13.0. The van der Waals surface area contributed by atoms with E-state index >= 15 is 0 Å². The van der Waals surface area contributed by atoms with E-state index in [0.29, 0.717) is 20.9 Å². The molecule has 3 aromatic rings. The molecule has 1 atom stereocenters. The second kappa shape index (κ2) is 6.32. The third kappa shape index (κ3) is 3.55. The number of nitrogens with one attached hydrogen (secondary N) is 1. The highest BCUT2D eigenvalue weighted by atomic mass is 32.1. The van der Waals surface area contributed by atoms with Crippen LogP contribution in [0.15, 0.2) is 36.7 Å². The predicted octanol–water partition coefficient (Wildman–Crippen LogP) is 3.62. The van der Waals surface area contributed by atoms with Crippen molar-refractivity contribution in [1.82, 2.24) is 15.3 Å². The van der Waals surface area contributed by atoms with E-state index in [1.54, 1.807) is 6.92 Å². The van der Waals surface area contributed by atoms with Gasteiger partial charge in [-0.3, -0.25) is 9.78 Å². The van der Waals surface area contributed by atoms with E-state index in [-0.39, 0.29) is 11.1 Å². The van der Waals surface area contributed by atoms with Crippen molar-refractivity contribution in [2.24, 2.45) is 0 Å². The fraction of sp³-hybridized carbons (Fsp3) is 0.188. The second-order valence-electron chi connectivity index (χ2n) is 5.43. The van der Waals surface area contributed by atoms with Crippen LogP contribution in [0.2, 0.25) is 0 Å². The molecule has 0 aliphatic heterocycles. The number of benzene rings is 1. The lowest BCUT2D eigenvalue weighted by Gasteiger charge is -2.21. The Morgan fingerprint density at radius 2 is 2.12 bits per heavy atom. The van der Waals surface area contributed by atoms with Crippen molar-refractivity contribution < 1.29 is 18.0 Å². The number of hydrogen-bond acceptors (Lipinski definition) is 5. The van der Waals surface area contributed by atoms with Crippen molar-refractivity contribution in [2.45, 2.75) is 19.1 Å². The zero-order chi connectivity index (χ0) is 18.2. The van der Waals surface area contributed by atoms with Crippen LogP contribution in [-0.4, -0.2) is 22.1 Å². The van der Waals surface area contributed by atoms with Gasteiger partial charge in [0.1, 0.15) is 0 Å². The summed E-state index contributed by atoms with van der Waals surface area (Å²) in [5.41, 5.74) is 6.94. The van der Waals surface area contributed by atoms with E-state index in [0.717, 1.165) is 6.20 Å². The summed E-state index contributed by atoms with van der Waals surface area (Å²) in [6, 6.07) is 3.49. The summed E-state index contributed by atoms with van der Waals surface area (Å²) in [5.74, 6) is -0.830. The van der Waals surface area contributed by atoms with Crippen molar-refractivity contribution in [3.05, 3.63) is 53.3 Å². The maximum absolute atomic E-state index is 13.4. The lowest BCUT2D eigenvalue weighted by molar-refractivity contribution is -0.155. The highest BCUT2D eigenvalue weighted by Crippen LogP contribution is 2.33. The van der Waals surface area contributed by atoms with Crippen molar-refractivity contribution in [3.8, 4) is 0 Å². The van der Waals surface area contributed by atoms with Gasteiger partial charge >= 0.3 is 6.18 Å². The number of aromatic nitrogens is 2. The summed E-state index contributed by atoms with van der Waals surface area (Å²) in [4.78, 5) is 20.2. The molecule has 0 spiro atoms. The maximum Gasteiger partial charge on any atom is 0.412 e. The van der Waals surface area contributed by atoms with Crippen molar-refractivity contribution in [2.75, 3.05) is 5.73 Å². The second-order valence-corrected chi connectivity index (χ2v) is 6.49. The number of aryl methyl sites for hydroxylation is 1. The lowest BCUT2D eigenvalue weighted by Crippen LogP contribution is -2.38. The molecule has 5 nitrogen and oxygen atoms in total. The number of amides is 1. The monoisotopic (exact) mass is 366 g/mol. The van der Waals surface area contributed by atoms with Gasteiger partial charge in [0.2, 0.25) is 0 Å². The highest BCUT2D eigenvalue weighted by molar-refractivity contribution is 7.22. The number of nitrogens with zero attached hydrogens (tertiary/aromatic N) is 2. The molecule has 0 radical (unpaired) electrons. The van der Waals surface area contributed by atoms with Crippen LogP contribution in [-0.2, 0) is 0 Å². The Hall–Kier alpha value is -2.68. The molecule has 25 heavy (non-hydrogen) atoms. The predicted molar refractivity (Wildman–Crippen MR) is 89.3 cm³/mol. The minimum Gasteiger partial charge on any atom is -0.375 e. The number of anilines is 1. The Bertz CT molecular complexity index is 924. The first-order valence-corrected chi connectivity index (χ1v) is 8.01. The van der Waals surface area contributed by atoms with Gasteiger partial charge in [-0.05, 0) is 30.7 Å². The first-order chi connectivity index (χ1) is 11.8. The van der Waals surface area contributed by atoms with Gasteiger partial charge in [-0.2, -0.15) is 13.2 Å². The number of halogens is 3. The van der Waals surface area contributed by atoms with Crippen LogP contribution in [0, 0.1) is 6.92 Å². The number of rotatable bonds is 3. The summed E-state index contributed by atoms with van der Waals surface area (Å²) in [7, 11) is 0. The molecule has 3 N–H and O–H groups in total. The van der Waals surface area contributed by atoms with Crippen LogP contribution >= 0.6 is 11.3 Å². The molecule has 130 valence electrons. The van der Waals surface area contributed by atoms with Crippen molar-refractivity contribution in [3.63, 3.8) is 0 Å². The molecule has 9 heteroatoms. The summed E-state index contributed by atoms with van der Waals surface area (Å²) in [6.45, 7) is 1.72. The lowest BCUT2D eigenvalue weighted by atomic mass is 10.1. The van der Waals surface area contributed by atoms with Gasteiger partial charge < -0.3 is 11.1 Å². The fourth-order valence-electron chi connectivity index (χ4n) is 2.46. The van der Waals surface area contributed by atoms with Gasteiger partial charge in [-0.25, -0.2) is 4.98 Å². The highest BCUT2D eigenvalue weighted by Gasteiger charge is 2.42. The number of carbonyl (C=O) groups excluding carboxylic acids is 1. The molecule has 1 amide bonds. The molecule has 2 heterocycles. The first-order valence-electron chi connectivity index (χ1n) is 7.20. The van der Waals surface area contributed by atoms with Crippen LogP contribution in [0.5, 0.6) is 0 Å². The van der Waals surface area contributed by atoms with Gasteiger partial charge in [0.15, 0.2) is 11.2 Å². The topological polar surface area (TPSA) is 80.9 Å². The number of nitrogen functional groups attached to an aromatic ring is 1. The molecule has 0 fully saturated rings. The molecule has 0 bridgehead atoms. The van der Waals surface area contributed by atoms with Gasteiger partial charge in [0.05, 0.1) is 10.2 Å². The third-order valence-corrected chi connectivity index (χ3v) is 4.42. The average Bonchev–Trinajstić information content (AvgIpc) is 2.93. The Balaban J connectivity index is 1.94. The van der Waals surface area contributed by atoms with Gasteiger partial charge in [0, 0.05) is 23.5 Å². The first kappa shape index (κ1) is 17.2. The van der Waals surface area contributed by atoms with Crippen LogP contribution in [0.25, 0.3) is 10.2 Å². The number of nitrogens with two attached hydrogens (primary N) is 1. The number of fused-ring (bicyclic) bond motifs is 1. The van der Waals surface area contributed by atoms with Crippen LogP contribution in [0.4, 0.5) is 18.3 Å². The van der Waals surface area contributed by atoms with Crippen LogP contribution in [0.1, 0.15) is 27.5 Å². The van der Waals surface area contributed by atoms with E-state index in [1.165, 1.54) is 41.8 Å². The number of hydrogen-bond donors (Lipinski definition) is 2. The van der Waals surface area contributed by atoms with E-state index < -0.39 is 18.1 Å². The quantitative estimate of drug-likeness (QED) is 0.742. The average molecular weight is 366 g/mol. The summed E-state index contributed by atoms with van der Waals surface area (Å²) in [5, 5.41) is 2.37. The molecule has 0 saturated carbocycles. The normalized spacial score (nSPS) is 13.0. The Morgan fingerprint density at radius 1 is 1.36 bits per heavy atom. The van der Waals surface area contributed by atoms with Crippen LogP contribution in [0.3, 0.4) is 0 Å². The number of carbonyl (C=O) groups is 1. The van der Waals surface area contributed by atoms with Crippen molar-refractivity contribution >= 4 is 32.6 Å². The molecule has 3 rings (SSSR count). The van der Waals surface area contributed by atoms with Gasteiger partial charge in [-0.1, -0.05) is 17.4 Å². The van der Waals surface area contributed by atoms with E-state index in [2.05, 4.69) is 9.97 Å². The van der Waals surface area contributed by atoms with E-state index in [1.807, 2.05) is 5.32 Å². The molecule has 0 aliphatic rings. The number of alkyl halides is 3. The third-order valence-electron chi connectivity index (χ3n) is 3.58. The number of pyridine rings is 1. The van der Waals surface area contributed by atoms with E-state index in [9.17, 15) is 18.0 Å². The minimum atomic E-state index is -4.65. The molecule has 2 aromatic heterocycles. The standard InChI is InChI=1S/C16H13F3N4OS/c1-8-5-10(6-11-12(8)22-15(20)25-11)14(24)23-13(16(17,18)19)9-3-2-4-21-7-9/h2-7,13H,1H3,(H2,20,22)(H,23,24)/t13-/m1/s1. The Kier molecular flexibility index (Phi) is 4.34. The van der Waals surface area contributed by atoms with E-state index in [4.69, 9.17) is 5.73 Å². The smallest absolute Gasteiger partial charge is 0.375 e. The summed E-state index contributed by atoms with van der Waals surface area (Å²) >= 11 is 1.17. The minimum absolute atomic E-state index is 0.117. The maximum atomic E-state index is 13.4. The molecule has 0 saturated heterocycles. The molecular formula is C16H13F3N4OS. The largest absolute Gasteiger partial charge is 0.412 e. The van der Waals surface area contributed by atoms with Crippen LogP contribution < -0.4 is 11.1 Å². The Morgan fingerprint density at radius 3 is 2.76 bits per heavy atom. The molecule has 0 aliphatic carbocycles. The SMILES string of the molecule is Cc1cc(C(=O)N[C@H](c2cccnc2)C(F)(F)F)cc2sc(N)nc12. The zero-order valence-corrected chi connectivity index (χ0v) is 13.8. The Labute approximate surface area is 144 Å². The van der Waals surface area contributed by atoms with Gasteiger partial charge in [0.25, 0.3) is 5.91 Å². The van der Waals surface area contributed by atoms with Crippen molar-refractivity contribution in [1.29, 1.82) is 0 Å². The summed E-state index contributed by atoms with van der Waals surface area (Å²) < 4.78 is 40.7.